The van der Waals surface area contributed by atoms with Gasteiger partial charge < -0.3 is 20.5 Å². The van der Waals surface area contributed by atoms with E-state index < -0.39 is 5.97 Å². The van der Waals surface area contributed by atoms with Crippen LogP contribution >= 0.6 is 11.8 Å². The SMILES string of the molecule is CC(=O)O.Cc1ccc(SC2CCN(C(=O)c3cccc(OCCN)c3)CC2)cc1. The molecule has 0 spiro atoms. The molecule has 1 saturated heterocycles. The molecule has 0 saturated carbocycles. The minimum atomic E-state index is -0.833. The first-order chi connectivity index (χ1) is 14.4. The van der Waals surface area contributed by atoms with Crippen LogP contribution in [0.4, 0.5) is 0 Å². The molecule has 0 aromatic heterocycles. The largest absolute Gasteiger partial charge is 0.492 e. The summed E-state index contributed by atoms with van der Waals surface area (Å²) in [4.78, 5) is 25.0. The van der Waals surface area contributed by atoms with Gasteiger partial charge in [-0.1, -0.05) is 23.8 Å². The molecule has 0 aliphatic carbocycles. The standard InChI is InChI=1S/C21H26N2O2S.C2H4O2/c1-16-5-7-19(8-6-16)26-20-9-12-23(13-10-20)21(24)17-3-2-4-18(15-17)25-14-11-22;1-2(3)4/h2-8,15,20H,9-14,22H2,1H3;1H3,(H,3,4). The minimum Gasteiger partial charge on any atom is -0.492 e. The number of carboxylic acid groups (broad SMARTS) is 1. The fourth-order valence-corrected chi connectivity index (χ4v) is 4.19. The predicted molar refractivity (Wildman–Crippen MR) is 120 cm³/mol. The number of benzene rings is 2. The number of hydrogen-bond acceptors (Lipinski definition) is 5. The molecule has 6 nitrogen and oxygen atoms in total. The Labute approximate surface area is 182 Å². The second-order valence-corrected chi connectivity index (χ2v) is 8.48. The number of nitrogens with zero attached hydrogens (tertiary/aromatic N) is 1. The molecule has 1 fully saturated rings. The maximum atomic E-state index is 12.8. The zero-order valence-corrected chi connectivity index (χ0v) is 18.4. The Balaban J connectivity index is 0.000000735. The molecule has 0 radical (unpaired) electrons. The van der Waals surface area contributed by atoms with Gasteiger partial charge in [-0.05, 0) is 50.1 Å². The number of piperidine rings is 1. The molecule has 0 bridgehead atoms. The van der Waals surface area contributed by atoms with Gasteiger partial charge in [-0.3, -0.25) is 9.59 Å². The third kappa shape index (κ3) is 8.08. The number of carbonyl (C=O) groups is 2. The Morgan fingerprint density at radius 2 is 1.80 bits per heavy atom. The van der Waals surface area contributed by atoms with E-state index in [2.05, 4.69) is 31.2 Å². The van der Waals surface area contributed by atoms with Gasteiger partial charge in [-0.15, -0.1) is 11.8 Å². The number of hydrogen-bond donors (Lipinski definition) is 2. The van der Waals surface area contributed by atoms with E-state index >= 15 is 0 Å². The van der Waals surface area contributed by atoms with E-state index in [1.165, 1.54) is 10.5 Å². The second kappa shape index (κ2) is 12.2. The van der Waals surface area contributed by atoms with Crippen LogP contribution in [0.25, 0.3) is 0 Å². The van der Waals surface area contributed by atoms with Crippen molar-refractivity contribution in [3.63, 3.8) is 0 Å². The van der Waals surface area contributed by atoms with Gasteiger partial charge in [0.25, 0.3) is 11.9 Å². The monoisotopic (exact) mass is 430 g/mol. The molecule has 3 N–H and O–H groups in total. The normalized spacial score (nSPS) is 13.9. The Kier molecular flexibility index (Phi) is 9.70. The first-order valence-corrected chi connectivity index (χ1v) is 10.9. The lowest BCUT2D eigenvalue weighted by Gasteiger charge is -2.31. The highest BCUT2D eigenvalue weighted by molar-refractivity contribution is 8.00. The van der Waals surface area contributed by atoms with Crippen molar-refractivity contribution in [1.29, 1.82) is 0 Å². The number of rotatable bonds is 6. The summed E-state index contributed by atoms with van der Waals surface area (Å²) in [5.74, 6) is -0.0481. The van der Waals surface area contributed by atoms with Crippen LogP contribution in [-0.2, 0) is 4.79 Å². The number of aliphatic carboxylic acids is 1. The molecule has 1 amide bonds. The maximum Gasteiger partial charge on any atom is 0.300 e. The van der Waals surface area contributed by atoms with Gasteiger partial charge >= 0.3 is 0 Å². The van der Waals surface area contributed by atoms with Gasteiger partial charge in [0.1, 0.15) is 12.4 Å². The molecule has 162 valence electrons. The predicted octanol–water partition coefficient (Wildman–Crippen LogP) is 3.82. The zero-order chi connectivity index (χ0) is 21.9. The molecule has 0 unspecified atom stereocenters. The van der Waals surface area contributed by atoms with Crippen LogP contribution in [0.3, 0.4) is 0 Å². The van der Waals surface area contributed by atoms with E-state index in [1.54, 1.807) is 0 Å². The summed E-state index contributed by atoms with van der Waals surface area (Å²) >= 11 is 1.92. The summed E-state index contributed by atoms with van der Waals surface area (Å²) < 4.78 is 5.53. The van der Waals surface area contributed by atoms with Gasteiger partial charge in [-0.25, -0.2) is 0 Å². The third-order valence-electron chi connectivity index (χ3n) is 4.52. The quantitative estimate of drug-likeness (QED) is 0.724. The van der Waals surface area contributed by atoms with Crippen LogP contribution in [0.15, 0.2) is 53.4 Å². The zero-order valence-electron chi connectivity index (χ0n) is 17.5. The van der Waals surface area contributed by atoms with Crippen LogP contribution in [-0.4, -0.2) is 53.4 Å². The first kappa shape index (κ1) is 23.8. The van der Waals surface area contributed by atoms with Crippen molar-refractivity contribution in [3.8, 4) is 5.75 Å². The number of amides is 1. The van der Waals surface area contributed by atoms with Crippen LogP contribution in [0.5, 0.6) is 5.75 Å². The number of thioether (sulfide) groups is 1. The van der Waals surface area contributed by atoms with Crippen molar-refractivity contribution >= 4 is 23.6 Å². The summed E-state index contributed by atoms with van der Waals surface area (Å²) in [6, 6.07) is 16.1. The number of ether oxygens (including phenoxy) is 1. The number of nitrogens with two attached hydrogens (primary N) is 1. The Bertz CT molecular complexity index is 814. The van der Waals surface area contributed by atoms with Crippen LogP contribution in [0.2, 0.25) is 0 Å². The van der Waals surface area contributed by atoms with Crippen molar-refractivity contribution in [3.05, 3.63) is 59.7 Å². The lowest BCUT2D eigenvalue weighted by Crippen LogP contribution is -2.39. The van der Waals surface area contributed by atoms with E-state index in [0.29, 0.717) is 29.7 Å². The Morgan fingerprint density at radius 3 is 2.40 bits per heavy atom. The van der Waals surface area contributed by atoms with Crippen LogP contribution in [0.1, 0.15) is 35.7 Å². The molecule has 1 heterocycles. The van der Waals surface area contributed by atoms with Gasteiger partial charge in [-0.2, -0.15) is 0 Å². The average Bonchev–Trinajstić information content (AvgIpc) is 2.74. The molecule has 1 aliphatic heterocycles. The molecule has 7 heteroatoms. The molecule has 3 rings (SSSR count). The highest BCUT2D eigenvalue weighted by Gasteiger charge is 2.24. The maximum absolute atomic E-state index is 12.8. The Morgan fingerprint density at radius 1 is 1.17 bits per heavy atom. The van der Waals surface area contributed by atoms with Gasteiger partial charge in [0, 0.05) is 42.3 Å². The van der Waals surface area contributed by atoms with Crippen molar-refractivity contribution in [2.24, 2.45) is 5.73 Å². The highest BCUT2D eigenvalue weighted by Crippen LogP contribution is 2.31. The fourth-order valence-electron chi connectivity index (χ4n) is 3.06. The third-order valence-corrected chi connectivity index (χ3v) is 5.87. The van der Waals surface area contributed by atoms with Gasteiger partial charge in [0.15, 0.2) is 0 Å². The molecule has 2 aromatic carbocycles. The van der Waals surface area contributed by atoms with Crippen molar-refractivity contribution in [2.75, 3.05) is 26.2 Å². The van der Waals surface area contributed by atoms with E-state index in [-0.39, 0.29) is 5.91 Å². The summed E-state index contributed by atoms with van der Waals surface area (Å²) in [5.41, 5.74) is 7.43. The smallest absolute Gasteiger partial charge is 0.300 e. The first-order valence-electron chi connectivity index (χ1n) is 10.0. The lowest BCUT2D eigenvalue weighted by molar-refractivity contribution is -0.134. The summed E-state index contributed by atoms with van der Waals surface area (Å²) in [6.45, 7) is 5.71. The van der Waals surface area contributed by atoms with Crippen molar-refractivity contribution in [1.82, 2.24) is 4.90 Å². The average molecular weight is 431 g/mol. The number of carbonyl (C=O) groups excluding carboxylic acids is 1. The summed E-state index contributed by atoms with van der Waals surface area (Å²) in [7, 11) is 0. The summed E-state index contributed by atoms with van der Waals surface area (Å²) in [5, 5.41) is 7.99. The summed E-state index contributed by atoms with van der Waals surface area (Å²) in [6.07, 6.45) is 2.04. The van der Waals surface area contributed by atoms with E-state index in [0.717, 1.165) is 32.9 Å². The van der Waals surface area contributed by atoms with Crippen LogP contribution in [0, 0.1) is 6.92 Å². The lowest BCUT2D eigenvalue weighted by atomic mass is 10.1. The highest BCUT2D eigenvalue weighted by atomic mass is 32.2. The molecular formula is C23H30N2O4S. The number of carboxylic acids is 1. The van der Waals surface area contributed by atoms with E-state index in [1.807, 2.05) is 40.9 Å². The molecule has 30 heavy (non-hydrogen) atoms. The van der Waals surface area contributed by atoms with Crippen molar-refractivity contribution in [2.45, 2.75) is 36.8 Å². The van der Waals surface area contributed by atoms with Crippen molar-refractivity contribution < 1.29 is 19.4 Å². The van der Waals surface area contributed by atoms with Gasteiger partial charge in [0.05, 0.1) is 0 Å². The number of aryl methyl sites for hydroxylation is 1. The van der Waals surface area contributed by atoms with Crippen LogP contribution < -0.4 is 10.5 Å². The van der Waals surface area contributed by atoms with E-state index in [4.69, 9.17) is 20.4 Å². The minimum absolute atomic E-state index is 0.0852. The molecule has 0 atom stereocenters. The topological polar surface area (TPSA) is 92.9 Å². The Hall–Kier alpha value is -2.51. The van der Waals surface area contributed by atoms with Gasteiger partial charge in [0.2, 0.25) is 0 Å². The number of likely N-dealkylation sites (tertiary alicyclic amines) is 1. The second-order valence-electron chi connectivity index (χ2n) is 7.11. The fraction of sp³-hybridized carbons (Fsp3) is 0.391. The van der Waals surface area contributed by atoms with E-state index in [9.17, 15) is 4.79 Å². The molecule has 2 aromatic rings. The molecular weight excluding hydrogens is 400 g/mol. The molecule has 1 aliphatic rings.